The molecular formula is C45H81N5O13S. The van der Waals surface area contributed by atoms with Crippen molar-refractivity contribution in [3.63, 3.8) is 0 Å². The van der Waals surface area contributed by atoms with Gasteiger partial charge in [-0.1, -0.05) is 96.1 Å². The van der Waals surface area contributed by atoms with Crippen LogP contribution in [-0.2, 0) is 52.5 Å². The Balaban J connectivity index is 3.65. The average Bonchev–Trinajstić information content (AvgIpc) is 3.25. The maximum absolute atomic E-state index is 12.3. The second-order valence-electron chi connectivity index (χ2n) is 15.8. The Bertz CT molecular complexity index is 1310. The third kappa shape index (κ3) is 42.2. The van der Waals surface area contributed by atoms with Crippen molar-refractivity contribution in [2.75, 3.05) is 90.5 Å². The van der Waals surface area contributed by atoms with Gasteiger partial charge in [-0.25, -0.2) is 4.79 Å². The van der Waals surface area contributed by atoms with Crippen LogP contribution in [-0.4, -0.2) is 148 Å². The fourth-order valence-electron chi connectivity index (χ4n) is 5.89. The van der Waals surface area contributed by atoms with E-state index in [1.165, 1.54) is 44.9 Å². The Hall–Kier alpha value is -3.78. The molecule has 0 heterocycles. The van der Waals surface area contributed by atoms with Gasteiger partial charge in [-0.2, -0.15) is 11.8 Å². The summed E-state index contributed by atoms with van der Waals surface area (Å²) in [5.41, 5.74) is 1.09. The molecule has 0 aliphatic rings. The van der Waals surface area contributed by atoms with Crippen molar-refractivity contribution >= 4 is 53.2 Å². The lowest BCUT2D eigenvalue weighted by atomic mass is 10.0. The zero-order valence-corrected chi connectivity index (χ0v) is 39.6. The number of hydrogen-bond donors (Lipinski definition) is 7. The second-order valence-corrected chi connectivity index (χ2v) is 16.9. The summed E-state index contributed by atoms with van der Waals surface area (Å²) in [4.78, 5) is 82.4. The molecule has 0 spiro atoms. The van der Waals surface area contributed by atoms with E-state index in [0.29, 0.717) is 31.2 Å². The number of carbonyl (C=O) groups excluding carboxylic acids is 5. The molecule has 0 radical (unpaired) electrons. The van der Waals surface area contributed by atoms with Gasteiger partial charge in [0.2, 0.25) is 29.5 Å². The van der Waals surface area contributed by atoms with Gasteiger partial charge < -0.3 is 55.7 Å². The van der Waals surface area contributed by atoms with Crippen LogP contribution >= 0.6 is 11.8 Å². The number of nitrogens with one attached hydrogen (secondary N) is 5. The Labute approximate surface area is 385 Å². The third-order valence-electron chi connectivity index (χ3n) is 9.90. The second kappa shape index (κ2) is 43.1. The van der Waals surface area contributed by atoms with Gasteiger partial charge in [0.15, 0.2) is 0 Å². The Morgan fingerprint density at radius 2 is 0.938 bits per heavy atom. The van der Waals surface area contributed by atoms with E-state index >= 15 is 0 Å². The number of carbonyl (C=O) groups is 7. The van der Waals surface area contributed by atoms with Crippen LogP contribution in [0.25, 0.3) is 0 Å². The van der Waals surface area contributed by atoms with Gasteiger partial charge in [-0.3, -0.25) is 28.8 Å². The van der Waals surface area contributed by atoms with Gasteiger partial charge in [0.05, 0.1) is 45.4 Å². The van der Waals surface area contributed by atoms with E-state index in [4.69, 9.17) is 24.1 Å². The number of aliphatic carboxylic acids is 2. The van der Waals surface area contributed by atoms with Crippen LogP contribution in [0.3, 0.4) is 0 Å². The highest BCUT2D eigenvalue weighted by atomic mass is 32.2. The minimum Gasteiger partial charge on any atom is -0.481 e. The van der Waals surface area contributed by atoms with Crippen LogP contribution in [0.4, 0.5) is 0 Å². The lowest BCUT2D eigenvalue weighted by molar-refractivity contribution is -0.142. The highest BCUT2D eigenvalue weighted by Gasteiger charge is 2.21. The first-order valence-electron chi connectivity index (χ1n) is 23.2. The first kappa shape index (κ1) is 60.2. The number of amides is 5. The number of thioether (sulfide) groups is 1. The number of rotatable bonds is 46. The Morgan fingerprint density at radius 3 is 1.41 bits per heavy atom. The van der Waals surface area contributed by atoms with E-state index in [9.17, 15) is 38.7 Å². The summed E-state index contributed by atoms with van der Waals surface area (Å²) in [6.07, 6.45) is 15.5. The molecule has 0 unspecified atom stereocenters. The highest BCUT2D eigenvalue weighted by molar-refractivity contribution is 7.99. The van der Waals surface area contributed by atoms with Crippen LogP contribution in [0, 0.1) is 5.92 Å². The number of unbranched alkanes of at least 4 members (excludes halogenated alkanes) is 13. The zero-order chi connectivity index (χ0) is 47.5. The molecule has 18 nitrogen and oxygen atoms in total. The van der Waals surface area contributed by atoms with Crippen LogP contribution in [0.5, 0.6) is 0 Å². The normalized spacial score (nSPS) is 11.9. The van der Waals surface area contributed by atoms with Gasteiger partial charge in [0.1, 0.15) is 19.3 Å². The molecule has 0 saturated heterocycles. The van der Waals surface area contributed by atoms with Gasteiger partial charge in [-0.15, -0.1) is 0 Å². The van der Waals surface area contributed by atoms with Crippen molar-refractivity contribution in [3.05, 3.63) is 12.2 Å². The maximum atomic E-state index is 12.3. The zero-order valence-electron chi connectivity index (χ0n) is 38.8. The summed E-state index contributed by atoms with van der Waals surface area (Å²) in [5.74, 6) is -1.75. The molecular weight excluding hydrogens is 851 g/mol. The largest absolute Gasteiger partial charge is 0.481 e. The van der Waals surface area contributed by atoms with Crippen molar-refractivity contribution < 1.29 is 62.7 Å². The van der Waals surface area contributed by atoms with Crippen LogP contribution < -0.4 is 26.6 Å². The van der Waals surface area contributed by atoms with Crippen molar-refractivity contribution in [3.8, 4) is 0 Å². The predicted molar refractivity (Wildman–Crippen MR) is 247 cm³/mol. The van der Waals surface area contributed by atoms with E-state index in [1.807, 2.05) is 6.92 Å². The van der Waals surface area contributed by atoms with E-state index in [0.717, 1.165) is 49.9 Å². The summed E-state index contributed by atoms with van der Waals surface area (Å²) >= 11 is 1.55. The maximum Gasteiger partial charge on any atom is 0.326 e. The van der Waals surface area contributed by atoms with Gasteiger partial charge >= 0.3 is 11.9 Å². The summed E-state index contributed by atoms with van der Waals surface area (Å²) in [5, 5.41) is 31.4. The number of ether oxygens (including phenoxy) is 4. The standard InChI is InChI=1S/C45H81N5O13S/c1-36(2)37(3)34-64-35-43(55)47-23-22-46-41(53)32-62-30-29-61-27-25-49-42(54)33-63-31-28-60-26-24-48-39(51)21-20-38(45(58)59)50-40(52)18-16-14-12-10-8-6-4-5-7-9-11-13-15-17-19-44(56)57/h37-38H,1,4-35H2,2-3H3,(H,46,53)(H,47,55)(H,48,51)(H,49,54)(H,50,52)(H,56,57)(H,58,59)/t37-,38-/m0/s1. The summed E-state index contributed by atoms with van der Waals surface area (Å²) in [6.45, 7) is 9.99. The molecule has 0 aliphatic heterocycles. The molecule has 5 amide bonds. The van der Waals surface area contributed by atoms with Gasteiger partial charge in [0, 0.05) is 51.2 Å². The fourth-order valence-corrected chi connectivity index (χ4v) is 6.94. The van der Waals surface area contributed by atoms with Gasteiger partial charge in [-0.05, 0) is 32.1 Å². The summed E-state index contributed by atoms with van der Waals surface area (Å²) in [7, 11) is 0. The molecule has 19 heteroatoms. The number of carboxylic acids is 2. The molecule has 0 rings (SSSR count). The predicted octanol–water partition coefficient (Wildman–Crippen LogP) is 4.14. The van der Waals surface area contributed by atoms with E-state index in [-0.39, 0.29) is 121 Å². The SMILES string of the molecule is C=C(C)[C@@H](C)CSCC(=O)NCCNC(=O)COCCOCCNC(=O)COCCOCCNC(=O)CC[C@H](NC(=O)CCCCCCCCCCCCCCCCC(=O)O)C(=O)O. The van der Waals surface area contributed by atoms with Crippen LogP contribution in [0.2, 0.25) is 0 Å². The Morgan fingerprint density at radius 1 is 0.516 bits per heavy atom. The Kier molecular flexibility index (Phi) is 40.6. The molecule has 0 aromatic heterocycles. The number of carboxylic acid groups (broad SMARTS) is 2. The summed E-state index contributed by atoms with van der Waals surface area (Å²) < 4.78 is 21.3. The first-order valence-corrected chi connectivity index (χ1v) is 24.3. The summed E-state index contributed by atoms with van der Waals surface area (Å²) in [6, 6.07) is -1.14. The van der Waals surface area contributed by atoms with Crippen LogP contribution in [0.15, 0.2) is 12.2 Å². The minimum atomic E-state index is -1.19. The van der Waals surface area contributed by atoms with E-state index in [1.54, 1.807) is 11.8 Å². The molecule has 2 atom stereocenters. The molecule has 370 valence electrons. The molecule has 0 aromatic carbocycles. The quantitative estimate of drug-likeness (QED) is 0.0335. The molecule has 0 bridgehead atoms. The lowest BCUT2D eigenvalue weighted by Crippen LogP contribution is -2.41. The fraction of sp³-hybridized carbons (Fsp3) is 0.800. The monoisotopic (exact) mass is 932 g/mol. The molecule has 0 aromatic rings. The van der Waals surface area contributed by atoms with Crippen molar-refractivity contribution in [1.82, 2.24) is 26.6 Å². The van der Waals surface area contributed by atoms with Crippen LogP contribution in [0.1, 0.15) is 129 Å². The van der Waals surface area contributed by atoms with Crippen molar-refractivity contribution in [1.29, 1.82) is 0 Å². The van der Waals surface area contributed by atoms with E-state index in [2.05, 4.69) is 40.1 Å². The van der Waals surface area contributed by atoms with Crippen molar-refractivity contribution in [2.45, 2.75) is 135 Å². The molecule has 64 heavy (non-hydrogen) atoms. The molecule has 0 aliphatic carbocycles. The van der Waals surface area contributed by atoms with E-state index < -0.39 is 18.0 Å². The van der Waals surface area contributed by atoms with Crippen molar-refractivity contribution in [2.24, 2.45) is 5.92 Å². The molecule has 0 saturated carbocycles. The third-order valence-corrected chi connectivity index (χ3v) is 11.1. The number of hydrogen-bond acceptors (Lipinski definition) is 12. The average molecular weight is 932 g/mol. The first-order chi connectivity index (χ1) is 30.8. The molecule has 7 N–H and O–H groups in total. The number of allylic oxidation sites excluding steroid dienone is 1. The topological polar surface area (TPSA) is 257 Å². The lowest BCUT2D eigenvalue weighted by Gasteiger charge is -2.14. The molecule has 0 fully saturated rings. The van der Waals surface area contributed by atoms with Gasteiger partial charge in [0.25, 0.3) is 0 Å². The highest BCUT2D eigenvalue weighted by Crippen LogP contribution is 2.15. The smallest absolute Gasteiger partial charge is 0.326 e. The minimum absolute atomic E-state index is 0.0291.